The number of nitrogens with one attached hydrogen (secondary N) is 1. The molecule has 128 valence electrons. The second-order valence-corrected chi connectivity index (χ2v) is 8.18. The van der Waals surface area contributed by atoms with E-state index in [2.05, 4.69) is 4.72 Å². The maximum absolute atomic E-state index is 12.7. The van der Waals surface area contributed by atoms with Crippen LogP contribution in [0.2, 0.25) is 0 Å². The first-order chi connectivity index (χ1) is 10.8. The van der Waals surface area contributed by atoms with Crippen LogP contribution in [0.25, 0.3) is 0 Å². The Morgan fingerprint density at radius 3 is 2.30 bits per heavy atom. The molecule has 0 aromatic heterocycles. The molecule has 0 bridgehead atoms. The SMILES string of the molecule is Cc1ccccc1S(=O)(=O)N[C@H](C(=O)N1CCCCC1)C(C)C. The Morgan fingerprint density at radius 1 is 1.13 bits per heavy atom. The summed E-state index contributed by atoms with van der Waals surface area (Å²) in [7, 11) is -3.72. The van der Waals surface area contributed by atoms with E-state index in [0.717, 1.165) is 19.3 Å². The van der Waals surface area contributed by atoms with Gasteiger partial charge in [-0.25, -0.2) is 8.42 Å². The fourth-order valence-corrected chi connectivity index (χ4v) is 4.46. The van der Waals surface area contributed by atoms with E-state index in [9.17, 15) is 13.2 Å². The Labute approximate surface area is 139 Å². The average Bonchev–Trinajstić information content (AvgIpc) is 2.53. The molecule has 23 heavy (non-hydrogen) atoms. The van der Waals surface area contributed by atoms with Gasteiger partial charge in [-0.3, -0.25) is 4.79 Å². The van der Waals surface area contributed by atoms with Gasteiger partial charge in [-0.05, 0) is 43.7 Å². The van der Waals surface area contributed by atoms with Crippen LogP contribution in [-0.2, 0) is 14.8 Å². The number of carbonyl (C=O) groups excluding carboxylic acids is 1. The van der Waals surface area contributed by atoms with Crippen LogP contribution in [0.1, 0.15) is 38.7 Å². The number of hydrogen-bond donors (Lipinski definition) is 1. The van der Waals surface area contributed by atoms with Crippen molar-refractivity contribution in [1.82, 2.24) is 9.62 Å². The van der Waals surface area contributed by atoms with E-state index in [1.54, 1.807) is 36.1 Å². The number of aryl methyl sites for hydroxylation is 1. The molecule has 1 aromatic rings. The summed E-state index contributed by atoms with van der Waals surface area (Å²) in [5.41, 5.74) is 0.674. The Bertz CT molecular complexity index is 650. The minimum absolute atomic E-state index is 0.108. The third-order valence-electron chi connectivity index (χ3n) is 4.27. The number of benzene rings is 1. The van der Waals surface area contributed by atoms with Gasteiger partial charge in [0.05, 0.1) is 4.90 Å². The molecule has 1 amide bonds. The maximum atomic E-state index is 12.7. The summed E-state index contributed by atoms with van der Waals surface area (Å²) in [5.74, 6) is -0.222. The molecule has 0 spiro atoms. The highest BCUT2D eigenvalue weighted by atomic mass is 32.2. The quantitative estimate of drug-likeness (QED) is 0.896. The molecule has 1 atom stereocenters. The molecular weight excluding hydrogens is 312 g/mol. The number of likely N-dealkylation sites (tertiary alicyclic amines) is 1. The van der Waals surface area contributed by atoms with Crippen molar-refractivity contribution in [2.75, 3.05) is 13.1 Å². The predicted molar refractivity (Wildman–Crippen MR) is 90.6 cm³/mol. The Morgan fingerprint density at radius 2 is 1.74 bits per heavy atom. The van der Waals surface area contributed by atoms with Gasteiger partial charge in [0.15, 0.2) is 0 Å². The van der Waals surface area contributed by atoms with E-state index in [1.807, 2.05) is 13.8 Å². The highest BCUT2D eigenvalue weighted by Gasteiger charge is 2.32. The zero-order valence-corrected chi connectivity index (χ0v) is 14.9. The van der Waals surface area contributed by atoms with Crippen LogP contribution in [-0.4, -0.2) is 38.4 Å². The Kier molecular flexibility index (Phi) is 5.81. The number of sulfonamides is 1. The number of piperidine rings is 1. The third kappa shape index (κ3) is 4.32. The molecule has 1 aromatic carbocycles. The second-order valence-electron chi connectivity index (χ2n) is 6.49. The van der Waals surface area contributed by atoms with Gasteiger partial charge in [0.25, 0.3) is 0 Å². The molecule has 1 aliphatic rings. The van der Waals surface area contributed by atoms with E-state index < -0.39 is 16.1 Å². The normalized spacial score (nSPS) is 17.3. The third-order valence-corrected chi connectivity index (χ3v) is 5.87. The first kappa shape index (κ1) is 17.9. The summed E-state index contributed by atoms with van der Waals surface area (Å²) in [6.07, 6.45) is 3.10. The number of amides is 1. The molecular formula is C17H26N2O3S. The van der Waals surface area contributed by atoms with Crippen molar-refractivity contribution in [2.45, 2.75) is 51.0 Å². The van der Waals surface area contributed by atoms with Crippen molar-refractivity contribution >= 4 is 15.9 Å². The van der Waals surface area contributed by atoms with E-state index >= 15 is 0 Å². The fourth-order valence-electron chi connectivity index (χ4n) is 2.87. The van der Waals surface area contributed by atoms with Crippen LogP contribution in [0.4, 0.5) is 0 Å². The molecule has 0 radical (unpaired) electrons. The number of hydrogen-bond acceptors (Lipinski definition) is 3. The summed E-state index contributed by atoms with van der Waals surface area (Å²) in [6, 6.07) is 6.09. The van der Waals surface area contributed by atoms with Gasteiger partial charge in [-0.1, -0.05) is 32.0 Å². The highest BCUT2D eigenvalue weighted by molar-refractivity contribution is 7.89. The lowest BCUT2D eigenvalue weighted by Gasteiger charge is -2.32. The molecule has 6 heteroatoms. The monoisotopic (exact) mass is 338 g/mol. The molecule has 0 unspecified atom stereocenters. The van der Waals surface area contributed by atoms with E-state index in [4.69, 9.17) is 0 Å². The molecule has 1 saturated heterocycles. The van der Waals surface area contributed by atoms with Crippen molar-refractivity contribution in [3.05, 3.63) is 29.8 Å². The van der Waals surface area contributed by atoms with Crippen LogP contribution in [0.15, 0.2) is 29.2 Å². The summed E-state index contributed by atoms with van der Waals surface area (Å²) in [5, 5.41) is 0. The lowest BCUT2D eigenvalue weighted by molar-refractivity contribution is -0.134. The number of rotatable bonds is 5. The first-order valence-corrected chi connectivity index (χ1v) is 9.68. The molecule has 5 nitrogen and oxygen atoms in total. The van der Waals surface area contributed by atoms with Crippen LogP contribution in [0, 0.1) is 12.8 Å². The van der Waals surface area contributed by atoms with E-state index in [1.165, 1.54) is 0 Å². The molecule has 0 saturated carbocycles. The van der Waals surface area contributed by atoms with Gasteiger partial charge in [0, 0.05) is 13.1 Å². The minimum Gasteiger partial charge on any atom is -0.341 e. The molecule has 0 aliphatic carbocycles. The minimum atomic E-state index is -3.72. The summed E-state index contributed by atoms with van der Waals surface area (Å²) in [4.78, 5) is 14.8. The topological polar surface area (TPSA) is 66.5 Å². The van der Waals surface area contributed by atoms with Crippen molar-refractivity contribution < 1.29 is 13.2 Å². The molecule has 2 rings (SSSR count). The first-order valence-electron chi connectivity index (χ1n) is 8.19. The largest absolute Gasteiger partial charge is 0.341 e. The van der Waals surface area contributed by atoms with Crippen LogP contribution < -0.4 is 4.72 Å². The lowest BCUT2D eigenvalue weighted by Crippen LogP contribution is -2.52. The number of nitrogens with zero attached hydrogens (tertiary/aromatic N) is 1. The van der Waals surface area contributed by atoms with Gasteiger partial charge in [0.2, 0.25) is 15.9 Å². The zero-order chi connectivity index (χ0) is 17.0. The van der Waals surface area contributed by atoms with Gasteiger partial charge in [0.1, 0.15) is 6.04 Å². The Hall–Kier alpha value is -1.40. The lowest BCUT2D eigenvalue weighted by atomic mass is 10.0. The van der Waals surface area contributed by atoms with Gasteiger partial charge >= 0.3 is 0 Å². The second kappa shape index (κ2) is 7.45. The Balaban J connectivity index is 2.22. The number of carbonyl (C=O) groups is 1. The summed E-state index contributed by atoms with van der Waals surface area (Å²) >= 11 is 0. The average molecular weight is 338 g/mol. The molecule has 1 heterocycles. The van der Waals surface area contributed by atoms with Crippen LogP contribution in [0.5, 0.6) is 0 Å². The van der Waals surface area contributed by atoms with E-state index in [-0.39, 0.29) is 16.7 Å². The van der Waals surface area contributed by atoms with Gasteiger partial charge in [-0.15, -0.1) is 0 Å². The van der Waals surface area contributed by atoms with Crippen molar-refractivity contribution in [1.29, 1.82) is 0 Å². The zero-order valence-electron chi connectivity index (χ0n) is 14.1. The van der Waals surface area contributed by atoms with Crippen molar-refractivity contribution in [2.24, 2.45) is 5.92 Å². The molecule has 1 fully saturated rings. The van der Waals surface area contributed by atoms with Crippen molar-refractivity contribution in [3.8, 4) is 0 Å². The van der Waals surface area contributed by atoms with E-state index in [0.29, 0.717) is 18.7 Å². The maximum Gasteiger partial charge on any atom is 0.241 e. The fraction of sp³-hybridized carbons (Fsp3) is 0.588. The van der Waals surface area contributed by atoms with Crippen LogP contribution >= 0.6 is 0 Å². The summed E-state index contributed by atoms with van der Waals surface area (Å²) < 4.78 is 28.0. The van der Waals surface area contributed by atoms with Gasteiger partial charge in [-0.2, -0.15) is 4.72 Å². The molecule has 1 aliphatic heterocycles. The standard InChI is InChI=1S/C17H26N2O3S/c1-13(2)16(17(20)19-11-7-4-8-12-19)18-23(21,22)15-10-6-5-9-14(15)3/h5-6,9-10,13,16,18H,4,7-8,11-12H2,1-3H3/t16-/m0/s1. The van der Waals surface area contributed by atoms with Crippen molar-refractivity contribution in [3.63, 3.8) is 0 Å². The summed E-state index contributed by atoms with van der Waals surface area (Å²) in [6.45, 7) is 6.92. The van der Waals surface area contributed by atoms with Crippen LogP contribution in [0.3, 0.4) is 0 Å². The molecule has 1 N–H and O–H groups in total. The smallest absolute Gasteiger partial charge is 0.241 e. The highest BCUT2D eigenvalue weighted by Crippen LogP contribution is 2.18. The predicted octanol–water partition coefficient (Wildman–Crippen LogP) is 2.31. The van der Waals surface area contributed by atoms with Gasteiger partial charge < -0.3 is 4.90 Å².